The van der Waals surface area contributed by atoms with Crippen LogP contribution in [0.5, 0.6) is 5.75 Å². The number of carboxylic acids is 1. The quantitative estimate of drug-likeness (QED) is 0.621. The highest BCUT2D eigenvalue weighted by Gasteiger charge is 2.17. The number of nitrogens with zero attached hydrogens (tertiary/aromatic N) is 1. The van der Waals surface area contributed by atoms with Gasteiger partial charge in [-0.05, 0) is 31.9 Å². The fraction of sp³-hybridized carbons (Fsp3) is 0.417. The molecule has 0 heterocycles. The van der Waals surface area contributed by atoms with E-state index in [4.69, 9.17) is 9.84 Å². The van der Waals surface area contributed by atoms with Gasteiger partial charge < -0.3 is 9.84 Å². The van der Waals surface area contributed by atoms with E-state index in [1.807, 2.05) is 0 Å². The van der Waals surface area contributed by atoms with Gasteiger partial charge in [0.05, 0.1) is 11.0 Å². The van der Waals surface area contributed by atoms with Gasteiger partial charge in [-0.3, -0.25) is 14.9 Å². The molecule has 0 aromatic heterocycles. The third-order valence-corrected chi connectivity index (χ3v) is 2.40. The highest BCUT2D eigenvalue weighted by atomic mass is 16.6. The van der Waals surface area contributed by atoms with Crippen molar-refractivity contribution in [3.8, 4) is 5.75 Å². The lowest BCUT2D eigenvalue weighted by Crippen LogP contribution is -2.14. The molecule has 1 atom stereocenters. The van der Waals surface area contributed by atoms with Crippen LogP contribution in [-0.2, 0) is 4.79 Å². The molecule has 1 aromatic carbocycles. The normalized spacial score (nSPS) is 11.9. The summed E-state index contributed by atoms with van der Waals surface area (Å²) in [5.41, 5.74) is 0.740. The number of carboxylic acid groups (broad SMARTS) is 1. The number of hydrogen-bond donors (Lipinski definition) is 1. The van der Waals surface area contributed by atoms with E-state index in [1.165, 1.54) is 6.07 Å². The van der Waals surface area contributed by atoms with Crippen molar-refractivity contribution >= 4 is 11.7 Å². The topological polar surface area (TPSA) is 89.7 Å². The van der Waals surface area contributed by atoms with E-state index in [2.05, 4.69) is 0 Å². The van der Waals surface area contributed by atoms with Crippen LogP contribution in [0.4, 0.5) is 5.69 Å². The van der Waals surface area contributed by atoms with Crippen LogP contribution in [0.1, 0.15) is 25.3 Å². The Morgan fingerprint density at radius 2 is 2.22 bits per heavy atom. The van der Waals surface area contributed by atoms with Gasteiger partial charge in [0.25, 0.3) is 0 Å². The van der Waals surface area contributed by atoms with Crippen LogP contribution in [0.3, 0.4) is 0 Å². The average molecular weight is 253 g/mol. The van der Waals surface area contributed by atoms with Crippen molar-refractivity contribution in [3.05, 3.63) is 33.9 Å². The van der Waals surface area contributed by atoms with Crippen molar-refractivity contribution in [1.29, 1.82) is 0 Å². The van der Waals surface area contributed by atoms with E-state index in [1.54, 1.807) is 26.0 Å². The lowest BCUT2D eigenvalue weighted by molar-refractivity contribution is -0.386. The monoisotopic (exact) mass is 253 g/mol. The second-order valence-corrected chi connectivity index (χ2v) is 4.09. The molecule has 6 nitrogen and oxygen atoms in total. The molecular formula is C12H15NO5. The van der Waals surface area contributed by atoms with Crippen molar-refractivity contribution in [1.82, 2.24) is 0 Å². The molecule has 0 aliphatic carbocycles. The number of nitro groups is 1. The number of benzene rings is 1. The Balaban J connectivity index is 2.79. The molecule has 0 spiro atoms. The summed E-state index contributed by atoms with van der Waals surface area (Å²) >= 11 is 0. The minimum absolute atomic E-state index is 0.0270. The molecule has 98 valence electrons. The summed E-state index contributed by atoms with van der Waals surface area (Å²) in [5.74, 6) is -0.734. The zero-order chi connectivity index (χ0) is 13.7. The smallest absolute Gasteiger partial charge is 0.310 e. The molecule has 0 aliphatic rings. The fourth-order valence-corrected chi connectivity index (χ4v) is 1.47. The highest BCUT2D eigenvalue weighted by molar-refractivity contribution is 5.66. The van der Waals surface area contributed by atoms with Crippen molar-refractivity contribution in [3.63, 3.8) is 0 Å². The molecular weight excluding hydrogens is 238 g/mol. The molecule has 0 fully saturated rings. The predicted molar refractivity (Wildman–Crippen MR) is 64.8 cm³/mol. The summed E-state index contributed by atoms with van der Waals surface area (Å²) < 4.78 is 5.43. The zero-order valence-corrected chi connectivity index (χ0v) is 10.3. The minimum Gasteiger partial charge on any atom is -0.484 e. The van der Waals surface area contributed by atoms with Crippen LogP contribution in [0.25, 0.3) is 0 Å². The van der Waals surface area contributed by atoms with Gasteiger partial charge in [0.15, 0.2) is 5.75 Å². The van der Waals surface area contributed by atoms with Gasteiger partial charge in [-0.15, -0.1) is 0 Å². The van der Waals surface area contributed by atoms with Crippen molar-refractivity contribution in [2.75, 3.05) is 0 Å². The Bertz CT molecular complexity index is 458. The summed E-state index contributed by atoms with van der Waals surface area (Å²) in [6, 6.07) is 4.59. The molecule has 0 aliphatic heterocycles. The molecule has 0 radical (unpaired) electrons. The molecule has 0 saturated heterocycles. The lowest BCUT2D eigenvalue weighted by Gasteiger charge is -2.14. The molecule has 1 unspecified atom stereocenters. The largest absolute Gasteiger partial charge is 0.484 e. The number of rotatable bonds is 6. The highest BCUT2D eigenvalue weighted by Crippen LogP contribution is 2.29. The first kappa shape index (κ1) is 14.0. The fourth-order valence-electron chi connectivity index (χ4n) is 1.47. The van der Waals surface area contributed by atoms with E-state index >= 15 is 0 Å². The molecule has 0 saturated carbocycles. The lowest BCUT2D eigenvalue weighted by atomic mass is 10.2. The molecule has 1 N–H and O–H groups in total. The third-order valence-electron chi connectivity index (χ3n) is 2.40. The Morgan fingerprint density at radius 3 is 2.78 bits per heavy atom. The van der Waals surface area contributed by atoms with Gasteiger partial charge in [-0.25, -0.2) is 0 Å². The Morgan fingerprint density at radius 1 is 1.56 bits per heavy atom. The Hall–Kier alpha value is -2.11. The van der Waals surface area contributed by atoms with Crippen LogP contribution in [0.15, 0.2) is 18.2 Å². The summed E-state index contributed by atoms with van der Waals surface area (Å²) in [6.07, 6.45) is -0.108. The number of ether oxygens (including phenoxy) is 1. The Kier molecular flexibility index (Phi) is 4.65. The van der Waals surface area contributed by atoms with E-state index in [0.717, 1.165) is 5.56 Å². The van der Waals surface area contributed by atoms with Crippen LogP contribution < -0.4 is 4.74 Å². The van der Waals surface area contributed by atoms with Gasteiger partial charge in [0.2, 0.25) is 0 Å². The maximum Gasteiger partial charge on any atom is 0.310 e. The van der Waals surface area contributed by atoms with E-state index in [9.17, 15) is 14.9 Å². The molecule has 0 bridgehead atoms. The number of nitro benzene ring substituents is 1. The first-order chi connectivity index (χ1) is 8.40. The zero-order valence-electron chi connectivity index (χ0n) is 10.3. The van der Waals surface area contributed by atoms with Gasteiger partial charge in [-0.2, -0.15) is 0 Å². The molecule has 0 amide bonds. The summed E-state index contributed by atoms with van der Waals surface area (Å²) in [6.45, 7) is 3.49. The van der Waals surface area contributed by atoms with Crippen LogP contribution in [-0.4, -0.2) is 22.1 Å². The van der Waals surface area contributed by atoms with Gasteiger partial charge >= 0.3 is 11.7 Å². The van der Waals surface area contributed by atoms with Crippen LogP contribution in [0.2, 0.25) is 0 Å². The van der Waals surface area contributed by atoms with Gasteiger partial charge in [0, 0.05) is 12.5 Å². The summed E-state index contributed by atoms with van der Waals surface area (Å²) in [7, 11) is 0. The molecule has 6 heteroatoms. The second kappa shape index (κ2) is 6.00. The second-order valence-electron chi connectivity index (χ2n) is 4.09. The number of aryl methyl sites for hydroxylation is 1. The van der Waals surface area contributed by atoms with Crippen molar-refractivity contribution in [2.24, 2.45) is 0 Å². The van der Waals surface area contributed by atoms with Gasteiger partial charge in [0.1, 0.15) is 0 Å². The molecule has 1 aromatic rings. The first-order valence-electron chi connectivity index (χ1n) is 5.53. The average Bonchev–Trinajstić information content (AvgIpc) is 2.26. The number of carbonyl (C=O) groups is 1. The first-order valence-corrected chi connectivity index (χ1v) is 5.53. The minimum atomic E-state index is -0.913. The van der Waals surface area contributed by atoms with Crippen molar-refractivity contribution < 1.29 is 19.6 Å². The number of aliphatic carboxylic acids is 1. The number of hydrogen-bond acceptors (Lipinski definition) is 4. The maximum absolute atomic E-state index is 10.8. The maximum atomic E-state index is 10.8. The third kappa shape index (κ3) is 4.04. The van der Waals surface area contributed by atoms with E-state index < -0.39 is 10.9 Å². The predicted octanol–water partition coefficient (Wildman–Crippen LogP) is 2.54. The van der Waals surface area contributed by atoms with Gasteiger partial charge in [-0.1, -0.05) is 6.07 Å². The molecule has 18 heavy (non-hydrogen) atoms. The standard InChI is InChI=1S/C12H15NO5/c1-8-3-5-10(13(16)17)11(7-8)18-9(2)4-6-12(14)15/h3,5,7,9H,4,6H2,1-2H3,(H,14,15). The van der Waals surface area contributed by atoms with Crippen molar-refractivity contribution in [2.45, 2.75) is 32.8 Å². The summed E-state index contributed by atoms with van der Waals surface area (Å²) in [4.78, 5) is 20.7. The van der Waals surface area contributed by atoms with Crippen LogP contribution >= 0.6 is 0 Å². The van der Waals surface area contributed by atoms with E-state index in [0.29, 0.717) is 6.42 Å². The SMILES string of the molecule is Cc1ccc([N+](=O)[O-])c(OC(C)CCC(=O)O)c1. The van der Waals surface area contributed by atoms with Crippen LogP contribution in [0, 0.1) is 17.0 Å². The Labute approximate surface area is 104 Å². The molecule has 1 rings (SSSR count). The van der Waals surface area contributed by atoms with E-state index in [-0.39, 0.29) is 24.0 Å². The summed E-state index contributed by atoms with van der Waals surface area (Å²) in [5, 5.41) is 19.4.